The second-order valence-corrected chi connectivity index (χ2v) is 3.61. The summed E-state index contributed by atoms with van der Waals surface area (Å²) in [5, 5.41) is 4.36. The Labute approximate surface area is 91.4 Å². The first-order valence-electron chi connectivity index (χ1n) is 4.33. The zero-order chi connectivity index (χ0) is 10.5. The molecule has 0 saturated carbocycles. The molecule has 0 aromatic carbocycles. The van der Waals surface area contributed by atoms with E-state index in [4.69, 9.17) is 0 Å². The fourth-order valence-electron chi connectivity index (χ4n) is 0.949. The maximum atomic E-state index is 4.30. The molecule has 2 aromatic heterocycles. The van der Waals surface area contributed by atoms with Gasteiger partial charge in [-0.1, -0.05) is 0 Å². The average molecular weight is 219 g/mol. The SMILES string of the molecule is CNc1cncc(Sc2ncccn2)n1. The van der Waals surface area contributed by atoms with Crippen LogP contribution in [0.2, 0.25) is 0 Å². The van der Waals surface area contributed by atoms with Crippen molar-refractivity contribution in [2.75, 3.05) is 12.4 Å². The number of nitrogens with zero attached hydrogens (tertiary/aromatic N) is 4. The highest BCUT2D eigenvalue weighted by molar-refractivity contribution is 7.99. The Balaban J connectivity index is 2.17. The van der Waals surface area contributed by atoms with Gasteiger partial charge in [0.2, 0.25) is 0 Å². The highest BCUT2D eigenvalue weighted by Crippen LogP contribution is 2.21. The number of rotatable bonds is 3. The molecule has 0 fully saturated rings. The molecule has 5 nitrogen and oxygen atoms in total. The highest BCUT2D eigenvalue weighted by atomic mass is 32.2. The van der Waals surface area contributed by atoms with Gasteiger partial charge in [-0.2, -0.15) is 0 Å². The van der Waals surface area contributed by atoms with Gasteiger partial charge in [-0.25, -0.2) is 15.0 Å². The van der Waals surface area contributed by atoms with Gasteiger partial charge in [0, 0.05) is 19.4 Å². The molecule has 0 aliphatic rings. The Morgan fingerprint density at radius 2 is 2.00 bits per heavy atom. The smallest absolute Gasteiger partial charge is 0.193 e. The van der Waals surface area contributed by atoms with Crippen LogP contribution in [0.1, 0.15) is 0 Å². The maximum absolute atomic E-state index is 4.30. The number of anilines is 1. The van der Waals surface area contributed by atoms with Crippen molar-refractivity contribution in [1.29, 1.82) is 0 Å². The molecule has 6 heteroatoms. The number of nitrogens with one attached hydrogen (secondary N) is 1. The summed E-state index contributed by atoms with van der Waals surface area (Å²) < 4.78 is 0. The zero-order valence-electron chi connectivity index (χ0n) is 8.08. The monoisotopic (exact) mass is 219 g/mol. The van der Waals surface area contributed by atoms with E-state index < -0.39 is 0 Å². The molecular formula is C9H9N5S. The topological polar surface area (TPSA) is 63.6 Å². The van der Waals surface area contributed by atoms with E-state index >= 15 is 0 Å². The molecule has 0 spiro atoms. The number of hydrogen-bond acceptors (Lipinski definition) is 6. The van der Waals surface area contributed by atoms with Crippen LogP contribution < -0.4 is 5.32 Å². The second-order valence-electron chi connectivity index (χ2n) is 2.63. The minimum absolute atomic E-state index is 0.667. The molecule has 0 amide bonds. The van der Waals surface area contributed by atoms with Crippen molar-refractivity contribution >= 4 is 17.6 Å². The largest absolute Gasteiger partial charge is 0.372 e. The second kappa shape index (κ2) is 4.70. The van der Waals surface area contributed by atoms with Crippen molar-refractivity contribution in [1.82, 2.24) is 19.9 Å². The minimum Gasteiger partial charge on any atom is -0.372 e. The van der Waals surface area contributed by atoms with Gasteiger partial charge in [-0.05, 0) is 17.8 Å². The molecule has 2 rings (SSSR count). The molecule has 0 radical (unpaired) electrons. The lowest BCUT2D eigenvalue weighted by Gasteiger charge is -2.01. The molecule has 0 aliphatic carbocycles. The molecular weight excluding hydrogens is 210 g/mol. The quantitative estimate of drug-likeness (QED) is 0.788. The lowest BCUT2D eigenvalue weighted by atomic mass is 10.7. The summed E-state index contributed by atoms with van der Waals surface area (Å²) in [6.45, 7) is 0. The molecule has 0 saturated heterocycles. The number of aromatic nitrogens is 4. The standard InChI is InChI=1S/C9H9N5S/c1-10-7-5-11-6-8(14-7)15-9-12-3-2-4-13-9/h2-6H,1H3,(H,10,14). The zero-order valence-corrected chi connectivity index (χ0v) is 8.90. The third-order valence-corrected chi connectivity index (χ3v) is 2.41. The van der Waals surface area contributed by atoms with E-state index in [9.17, 15) is 0 Å². The van der Waals surface area contributed by atoms with Crippen LogP contribution in [-0.4, -0.2) is 27.0 Å². The van der Waals surface area contributed by atoms with Gasteiger partial charge in [0.05, 0.1) is 12.4 Å². The maximum Gasteiger partial charge on any atom is 0.193 e. The first kappa shape index (κ1) is 9.85. The van der Waals surface area contributed by atoms with Crippen LogP contribution >= 0.6 is 11.8 Å². The van der Waals surface area contributed by atoms with Gasteiger partial charge in [0.15, 0.2) is 5.16 Å². The summed E-state index contributed by atoms with van der Waals surface area (Å²) in [5.41, 5.74) is 0. The molecule has 15 heavy (non-hydrogen) atoms. The van der Waals surface area contributed by atoms with Crippen LogP contribution in [0.4, 0.5) is 5.82 Å². The van der Waals surface area contributed by atoms with E-state index in [0.717, 1.165) is 10.8 Å². The average Bonchev–Trinajstić information content (AvgIpc) is 2.31. The Bertz CT molecular complexity index is 434. The molecule has 76 valence electrons. The molecule has 0 atom stereocenters. The molecule has 0 bridgehead atoms. The van der Waals surface area contributed by atoms with Gasteiger partial charge in [-0.15, -0.1) is 0 Å². The van der Waals surface area contributed by atoms with Gasteiger partial charge in [0.25, 0.3) is 0 Å². The molecule has 1 N–H and O–H groups in total. The summed E-state index contributed by atoms with van der Waals surface area (Å²) in [5.74, 6) is 0.732. The molecule has 0 aliphatic heterocycles. The minimum atomic E-state index is 0.667. The van der Waals surface area contributed by atoms with E-state index in [2.05, 4.69) is 25.3 Å². The van der Waals surface area contributed by atoms with Crippen molar-refractivity contribution in [2.45, 2.75) is 10.2 Å². The van der Waals surface area contributed by atoms with E-state index in [1.54, 1.807) is 37.9 Å². The van der Waals surface area contributed by atoms with Crippen molar-refractivity contribution in [3.05, 3.63) is 30.9 Å². The fourth-order valence-corrected chi connectivity index (χ4v) is 1.62. The van der Waals surface area contributed by atoms with E-state index in [1.165, 1.54) is 11.8 Å². The molecule has 2 heterocycles. The van der Waals surface area contributed by atoms with Gasteiger partial charge in [0.1, 0.15) is 10.8 Å². The van der Waals surface area contributed by atoms with Crippen molar-refractivity contribution in [3.63, 3.8) is 0 Å². The normalized spacial score (nSPS) is 9.93. The van der Waals surface area contributed by atoms with Gasteiger partial charge < -0.3 is 5.32 Å². The van der Waals surface area contributed by atoms with Crippen LogP contribution in [0.25, 0.3) is 0 Å². The van der Waals surface area contributed by atoms with Crippen molar-refractivity contribution < 1.29 is 0 Å². The fraction of sp³-hybridized carbons (Fsp3) is 0.111. The summed E-state index contributed by atoms with van der Waals surface area (Å²) in [4.78, 5) is 16.5. The van der Waals surface area contributed by atoms with Crippen LogP contribution in [0, 0.1) is 0 Å². The Morgan fingerprint density at radius 1 is 1.20 bits per heavy atom. The van der Waals surface area contributed by atoms with Crippen LogP contribution in [-0.2, 0) is 0 Å². The highest BCUT2D eigenvalue weighted by Gasteiger charge is 2.01. The van der Waals surface area contributed by atoms with Crippen LogP contribution in [0.15, 0.2) is 41.0 Å². The third-order valence-electron chi connectivity index (χ3n) is 1.61. The predicted molar refractivity (Wildman–Crippen MR) is 57.7 cm³/mol. The molecule has 2 aromatic rings. The summed E-state index contributed by atoms with van der Waals surface area (Å²) in [6, 6.07) is 1.78. The summed E-state index contributed by atoms with van der Waals surface area (Å²) in [6.07, 6.45) is 6.74. The van der Waals surface area contributed by atoms with E-state index in [-0.39, 0.29) is 0 Å². The lowest BCUT2D eigenvalue weighted by molar-refractivity contribution is 0.955. The first-order chi connectivity index (χ1) is 7.38. The van der Waals surface area contributed by atoms with Crippen molar-refractivity contribution in [3.8, 4) is 0 Å². The number of hydrogen-bond donors (Lipinski definition) is 1. The third kappa shape index (κ3) is 2.63. The van der Waals surface area contributed by atoms with Gasteiger partial charge >= 0.3 is 0 Å². The Kier molecular flexibility index (Phi) is 3.08. The Morgan fingerprint density at radius 3 is 2.73 bits per heavy atom. The Hall–Kier alpha value is -1.69. The predicted octanol–water partition coefficient (Wildman–Crippen LogP) is 1.46. The lowest BCUT2D eigenvalue weighted by Crippen LogP contribution is -1.94. The summed E-state index contributed by atoms with van der Waals surface area (Å²) in [7, 11) is 1.80. The molecule has 0 unspecified atom stereocenters. The van der Waals surface area contributed by atoms with E-state index in [0.29, 0.717) is 5.16 Å². The van der Waals surface area contributed by atoms with Crippen molar-refractivity contribution in [2.24, 2.45) is 0 Å². The van der Waals surface area contributed by atoms with Crippen LogP contribution in [0.3, 0.4) is 0 Å². The summed E-state index contributed by atoms with van der Waals surface area (Å²) >= 11 is 1.38. The van der Waals surface area contributed by atoms with Gasteiger partial charge in [-0.3, -0.25) is 4.98 Å². The first-order valence-corrected chi connectivity index (χ1v) is 5.15. The van der Waals surface area contributed by atoms with Crippen LogP contribution in [0.5, 0.6) is 0 Å². The van der Waals surface area contributed by atoms with E-state index in [1.807, 2.05) is 0 Å².